The van der Waals surface area contributed by atoms with Gasteiger partial charge in [0.15, 0.2) is 0 Å². The van der Waals surface area contributed by atoms with Gasteiger partial charge in [-0.25, -0.2) is 0 Å². The first-order valence-electron chi connectivity index (χ1n) is 7.81. The molecule has 1 atom stereocenters. The number of rotatable bonds is 6. The van der Waals surface area contributed by atoms with Gasteiger partial charge in [-0.3, -0.25) is 4.79 Å². The van der Waals surface area contributed by atoms with Gasteiger partial charge in [0.1, 0.15) is 18.4 Å². The number of carbonyl (C=O) groups is 1. The summed E-state index contributed by atoms with van der Waals surface area (Å²) in [6, 6.07) is 20.6. The van der Waals surface area contributed by atoms with E-state index in [1.165, 1.54) is 0 Å². The van der Waals surface area contributed by atoms with Gasteiger partial charge >= 0.3 is 5.97 Å². The van der Waals surface area contributed by atoms with Gasteiger partial charge in [0, 0.05) is 12.0 Å². The number of fused-ring (bicyclic) bond motifs is 1. The normalized spacial score (nSPS) is 12.0. The van der Waals surface area contributed by atoms with E-state index >= 15 is 0 Å². The smallest absolute Gasteiger partial charge is 0.320 e. The van der Waals surface area contributed by atoms with E-state index in [0.717, 1.165) is 21.9 Å². The van der Waals surface area contributed by atoms with Crippen molar-refractivity contribution in [2.75, 3.05) is 0 Å². The maximum atomic E-state index is 11.2. The minimum atomic E-state index is -1.02. The van der Waals surface area contributed by atoms with Crippen molar-refractivity contribution in [1.29, 1.82) is 0 Å². The standard InChI is InChI=1S/C20H19NO3/c21-18(20(22)23)12-17-16-9-5-4-8-15(16)10-11-19(17)24-13-14-6-2-1-3-7-14/h1-11,18H,12-13,21H2,(H,22,23). The highest BCUT2D eigenvalue weighted by molar-refractivity contribution is 5.88. The predicted molar refractivity (Wildman–Crippen MR) is 94.0 cm³/mol. The Bertz CT molecular complexity index is 846. The van der Waals surface area contributed by atoms with Gasteiger partial charge in [0.05, 0.1) is 0 Å². The molecular formula is C20H19NO3. The summed E-state index contributed by atoms with van der Waals surface area (Å²) >= 11 is 0. The fourth-order valence-electron chi connectivity index (χ4n) is 2.70. The van der Waals surface area contributed by atoms with Crippen LogP contribution >= 0.6 is 0 Å². The molecule has 0 bridgehead atoms. The number of aliphatic carboxylic acids is 1. The zero-order chi connectivity index (χ0) is 16.9. The fourth-order valence-corrected chi connectivity index (χ4v) is 2.70. The molecule has 3 aromatic carbocycles. The third kappa shape index (κ3) is 3.55. The van der Waals surface area contributed by atoms with E-state index in [2.05, 4.69) is 0 Å². The van der Waals surface area contributed by atoms with E-state index in [1.54, 1.807) is 0 Å². The molecule has 0 fully saturated rings. The van der Waals surface area contributed by atoms with Gasteiger partial charge in [0.2, 0.25) is 0 Å². The molecule has 0 heterocycles. The molecule has 0 radical (unpaired) electrons. The van der Waals surface area contributed by atoms with Crippen LogP contribution in [-0.2, 0) is 17.8 Å². The third-order valence-electron chi connectivity index (χ3n) is 3.98. The monoisotopic (exact) mass is 321 g/mol. The van der Waals surface area contributed by atoms with Gasteiger partial charge in [-0.15, -0.1) is 0 Å². The van der Waals surface area contributed by atoms with Crippen molar-refractivity contribution < 1.29 is 14.6 Å². The predicted octanol–water partition coefficient (Wildman–Crippen LogP) is 3.37. The van der Waals surface area contributed by atoms with Crippen LogP contribution in [0, 0.1) is 0 Å². The molecule has 0 saturated heterocycles. The molecule has 0 spiro atoms. The molecule has 0 aliphatic carbocycles. The van der Waals surface area contributed by atoms with Gasteiger partial charge < -0.3 is 15.6 Å². The minimum absolute atomic E-state index is 0.223. The first-order valence-corrected chi connectivity index (χ1v) is 7.81. The third-order valence-corrected chi connectivity index (χ3v) is 3.98. The Morgan fingerprint density at radius 2 is 1.71 bits per heavy atom. The maximum absolute atomic E-state index is 11.2. The van der Waals surface area contributed by atoms with Crippen molar-refractivity contribution in [2.24, 2.45) is 5.73 Å². The molecule has 3 N–H and O–H groups in total. The van der Waals surface area contributed by atoms with Crippen LogP contribution in [0.5, 0.6) is 5.75 Å². The molecule has 122 valence electrons. The summed E-state index contributed by atoms with van der Waals surface area (Å²) in [5.74, 6) is -0.341. The van der Waals surface area contributed by atoms with Crippen LogP contribution in [0.15, 0.2) is 66.7 Å². The lowest BCUT2D eigenvalue weighted by molar-refractivity contribution is -0.138. The summed E-state index contributed by atoms with van der Waals surface area (Å²) in [4.78, 5) is 11.2. The second-order valence-electron chi connectivity index (χ2n) is 5.69. The van der Waals surface area contributed by atoms with Crippen LogP contribution in [0.3, 0.4) is 0 Å². The molecule has 0 aliphatic heterocycles. The highest BCUT2D eigenvalue weighted by Gasteiger charge is 2.17. The Hall–Kier alpha value is -2.85. The number of benzene rings is 3. The first kappa shape index (κ1) is 16.0. The Morgan fingerprint density at radius 1 is 1.00 bits per heavy atom. The van der Waals surface area contributed by atoms with Crippen LogP contribution in [0.4, 0.5) is 0 Å². The summed E-state index contributed by atoms with van der Waals surface area (Å²) < 4.78 is 5.96. The van der Waals surface area contributed by atoms with Crippen molar-refractivity contribution >= 4 is 16.7 Å². The molecule has 1 unspecified atom stereocenters. The average Bonchev–Trinajstić information content (AvgIpc) is 2.61. The molecule has 3 rings (SSSR count). The molecule has 4 nitrogen and oxygen atoms in total. The van der Waals surface area contributed by atoms with E-state index < -0.39 is 12.0 Å². The molecule has 4 heteroatoms. The number of carboxylic acid groups (broad SMARTS) is 1. The topological polar surface area (TPSA) is 72.5 Å². The Balaban J connectivity index is 1.95. The average molecular weight is 321 g/mol. The number of hydrogen-bond acceptors (Lipinski definition) is 3. The molecule has 24 heavy (non-hydrogen) atoms. The van der Waals surface area contributed by atoms with Crippen LogP contribution in [0.2, 0.25) is 0 Å². The minimum Gasteiger partial charge on any atom is -0.489 e. The van der Waals surface area contributed by atoms with Crippen molar-refractivity contribution in [3.8, 4) is 5.75 Å². The molecule has 0 saturated carbocycles. The zero-order valence-electron chi connectivity index (χ0n) is 13.2. The molecule has 0 amide bonds. The van der Waals surface area contributed by atoms with Crippen LogP contribution in [0.1, 0.15) is 11.1 Å². The Labute approximate surface area is 140 Å². The van der Waals surface area contributed by atoms with Gasteiger partial charge in [-0.2, -0.15) is 0 Å². The van der Waals surface area contributed by atoms with Gasteiger partial charge in [-0.05, 0) is 22.4 Å². The summed E-state index contributed by atoms with van der Waals surface area (Å²) in [7, 11) is 0. The van der Waals surface area contributed by atoms with Crippen molar-refractivity contribution in [3.63, 3.8) is 0 Å². The quantitative estimate of drug-likeness (QED) is 0.730. The van der Waals surface area contributed by atoms with Gasteiger partial charge in [0.25, 0.3) is 0 Å². The lowest BCUT2D eigenvalue weighted by Crippen LogP contribution is -2.32. The first-order chi connectivity index (χ1) is 11.6. The Kier molecular flexibility index (Phi) is 4.77. The van der Waals surface area contributed by atoms with E-state index in [4.69, 9.17) is 15.6 Å². The lowest BCUT2D eigenvalue weighted by Gasteiger charge is -2.16. The SMILES string of the molecule is NC(Cc1c(OCc2ccccc2)ccc2ccccc12)C(=O)O. The van der Waals surface area contributed by atoms with Crippen molar-refractivity contribution in [2.45, 2.75) is 19.1 Å². The Morgan fingerprint density at radius 3 is 2.46 bits per heavy atom. The van der Waals surface area contributed by atoms with E-state index in [0.29, 0.717) is 12.4 Å². The fraction of sp³-hybridized carbons (Fsp3) is 0.150. The maximum Gasteiger partial charge on any atom is 0.320 e. The highest BCUT2D eigenvalue weighted by Crippen LogP contribution is 2.29. The van der Waals surface area contributed by atoms with Crippen LogP contribution < -0.4 is 10.5 Å². The second kappa shape index (κ2) is 7.15. The summed E-state index contributed by atoms with van der Waals surface area (Å²) in [5.41, 5.74) is 7.65. The molecule has 0 aromatic heterocycles. The van der Waals surface area contributed by atoms with Crippen LogP contribution in [0.25, 0.3) is 10.8 Å². The summed E-state index contributed by atoms with van der Waals surface area (Å²) in [6.07, 6.45) is 0.223. The van der Waals surface area contributed by atoms with Crippen LogP contribution in [-0.4, -0.2) is 17.1 Å². The van der Waals surface area contributed by atoms with E-state index in [9.17, 15) is 4.79 Å². The summed E-state index contributed by atoms with van der Waals surface area (Å²) in [6.45, 7) is 0.425. The molecule has 3 aromatic rings. The van der Waals surface area contributed by atoms with Crippen molar-refractivity contribution in [1.82, 2.24) is 0 Å². The zero-order valence-corrected chi connectivity index (χ0v) is 13.2. The second-order valence-corrected chi connectivity index (χ2v) is 5.69. The highest BCUT2D eigenvalue weighted by atomic mass is 16.5. The molecular weight excluding hydrogens is 302 g/mol. The molecule has 0 aliphatic rings. The largest absolute Gasteiger partial charge is 0.489 e. The number of carboxylic acids is 1. The van der Waals surface area contributed by atoms with E-state index in [-0.39, 0.29) is 6.42 Å². The van der Waals surface area contributed by atoms with E-state index in [1.807, 2.05) is 66.7 Å². The van der Waals surface area contributed by atoms with Gasteiger partial charge in [-0.1, -0.05) is 60.7 Å². The number of ether oxygens (including phenoxy) is 1. The lowest BCUT2D eigenvalue weighted by atomic mass is 9.98. The summed E-state index contributed by atoms with van der Waals surface area (Å²) in [5, 5.41) is 11.2. The number of nitrogens with two attached hydrogens (primary N) is 1. The van der Waals surface area contributed by atoms with Crippen molar-refractivity contribution in [3.05, 3.63) is 77.9 Å². The number of hydrogen-bond donors (Lipinski definition) is 2.